The fraction of sp³-hybridized carbons (Fsp3) is 0.833. The largest absolute Gasteiger partial charge is 0.481 e. The van der Waals surface area contributed by atoms with E-state index in [2.05, 4.69) is 10.6 Å². The van der Waals surface area contributed by atoms with Crippen molar-refractivity contribution in [3.8, 4) is 0 Å². The van der Waals surface area contributed by atoms with Crippen molar-refractivity contribution in [2.75, 3.05) is 12.0 Å². The molecule has 0 radical (unpaired) electrons. The molecule has 3 unspecified atom stereocenters. The molecule has 0 saturated heterocycles. The van der Waals surface area contributed by atoms with Crippen LogP contribution in [0.15, 0.2) is 0 Å². The minimum absolute atomic E-state index is 0.134. The first-order chi connectivity index (χ1) is 8.52. The Morgan fingerprint density at radius 1 is 1.26 bits per heavy atom. The quantitative estimate of drug-likeness (QED) is 0.679. The zero-order valence-corrected chi connectivity index (χ0v) is 13.0. The SMILES string of the molecule is CC(CS(C)=O)NC(=O)NC(CC(=O)O)C(C)(C)C. The number of rotatable bonds is 6. The number of hydrogen-bond acceptors (Lipinski definition) is 3. The van der Waals surface area contributed by atoms with E-state index < -0.39 is 28.8 Å². The predicted molar refractivity (Wildman–Crippen MR) is 75.6 cm³/mol. The number of carbonyl (C=O) groups is 2. The second-order valence-corrected chi connectivity index (χ2v) is 7.25. The van der Waals surface area contributed by atoms with Gasteiger partial charge >= 0.3 is 12.0 Å². The van der Waals surface area contributed by atoms with Crippen LogP contribution in [0.5, 0.6) is 0 Å². The van der Waals surface area contributed by atoms with Crippen molar-refractivity contribution in [3.05, 3.63) is 0 Å². The second kappa shape index (κ2) is 7.47. The summed E-state index contributed by atoms with van der Waals surface area (Å²) in [6.45, 7) is 7.35. The Kier molecular flexibility index (Phi) is 7.04. The first-order valence-corrected chi connectivity index (χ1v) is 7.84. The van der Waals surface area contributed by atoms with E-state index in [0.29, 0.717) is 5.75 Å². The van der Waals surface area contributed by atoms with E-state index in [0.717, 1.165) is 0 Å². The van der Waals surface area contributed by atoms with Crippen molar-refractivity contribution in [2.24, 2.45) is 5.41 Å². The zero-order chi connectivity index (χ0) is 15.2. The minimum Gasteiger partial charge on any atom is -0.481 e. The number of hydrogen-bond donors (Lipinski definition) is 3. The molecule has 3 atom stereocenters. The van der Waals surface area contributed by atoms with Crippen LogP contribution in [-0.4, -0.2) is 45.4 Å². The molecule has 0 heterocycles. The second-order valence-electron chi connectivity index (χ2n) is 5.78. The number of aliphatic carboxylic acids is 1. The van der Waals surface area contributed by atoms with Gasteiger partial charge < -0.3 is 15.7 Å². The number of carbonyl (C=O) groups excluding carboxylic acids is 1. The summed E-state index contributed by atoms with van der Waals surface area (Å²) >= 11 is 0. The molecule has 7 heteroatoms. The Balaban J connectivity index is 4.47. The van der Waals surface area contributed by atoms with Gasteiger partial charge in [0.15, 0.2) is 0 Å². The molecule has 0 aliphatic rings. The van der Waals surface area contributed by atoms with Gasteiger partial charge in [0, 0.05) is 34.9 Å². The molecule has 0 saturated carbocycles. The van der Waals surface area contributed by atoms with Crippen molar-refractivity contribution in [1.82, 2.24) is 10.6 Å². The van der Waals surface area contributed by atoms with E-state index in [4.69, 9.17) is 5.11 Å². The molecule has 0 bridgehead atoms. The maximum Gasteiger partial charge on any atom is 0.315 e. The number of carboxylic acids is 1. The van der Waals surface area contributed by atoms with Crippen LogP contribution in [0, 0.1) is 5.41 Å². The van der Waals surface area contributed by atoms with Gasteiger partial charge in [-0.05, 0) is 12.3 Å². The summed E-state index contributed by atoms with van der Waals surface area (Å²) in [5.41, 5.74) is -0.355. The van der Waals surface area contributed by atoms with Crippen LogP contribution in [0.1, 0.15) is 34.1 Å². The minimum atomic E-state index is -0.988. The van der Waals surface area contributed by atoms with E-state index in [9.17, 15) is 13.8 Å². The number of carboxylic acid groups (broad SMARTS) is 1. The fourth-order valence-electron chi connectivity index (χ4n) is 1.57. The lowest BCUT2D eigenvalue weighted by molar-refractivity contribution is -0.138. The maximum atomic E-state index is 11.8. The molecule has 112 valence electrons. The molecule has 2 amide bonds. The van der Waals surface area contributed by atoms with E-state index in [-0.39, 0.29) is 17.9 Å². The van der Waals surface area contributed by atoms with E-state index in [1.807, 2.05) is 20.8 Å². The highest BCUT2D eigenvalue weighted by atomic mass is 32.2. The van der Waals surface area contributed by atoms with Crippen molar-refractivity contribution in [3.63, 3.8) is 0 Å². The van der Waals surface area contributed by atoms with Crippen LogP contribution >= 0.6 is 0 Å². The predicted octanol–water partition coefficient (Wildman–Crippen LogP) is 0.942. The van der Waals surface area contributed by atoms with E-state index in [1.54, 1.807) is 13.2 Å². The maximum absolute atomic E-state index is 11.8. The van der Waals surface area contributed by atoms with Gasteiger partial charge in [0.2, 0.25) is 0 Å². The highest BCUT2D eigenvalue weighted by Crippen LogP contribution is 2.21. The van der Waals surface area contributed by atoms with Gasteiger partial charge in [0.25, 0.3) is 0 Å². The molecule has 0 aromatic carbocycles. The van der Waals surface area contributed by atoms with Gasteiger partial charge in [-0.3, -0.25) is 9.00 Å². The summed E-state index contributed by atoms with van der Waals surface area (Å²) < 4.78 is 11.0. The molecule has 0 rings (SSSR count). The van der Waals surface area contributed by atoms with Crippen LogP contribution < -0.4 is 10.6 Å². The lowest BCUT2D eigenvalue weighted by atomic mass is 9.85. The third kappa shape index (κ3) is 8.58. The summed E-state index contributed by atoms with van der Waals surface area (Å²) in [5, 5.41) is 14.2. The summed E-state index contributed by atoms with van der Waals surface area (Å²) in [5.74, 6) is -0.588. The van der Waals surface area contributed by atoms with Crippen LogP contribution in [0.3, 0.4) is 0 Å². The van der Waals surface area contributed by atoms with E-state index >= 15 is 0 Å². The molecular weight excluding hydrogens is 268 g/mol. The highest BCUT2D eigenvalue weighted by Gasteiger charge is 2.28. The Morgan fingerprint density at radius 2 is 1.79 bits per heavy atom. The summed E-state index contributed by atoms with van der Waals surface area (Å²) in [4.78, 5) is 22.6. The monoisotopic (exact) mass is 292 g/mol. The third-order valence-corrected chi connectivity index (χ3v) is 3.56. The molecule has 0 aliphatic heterocycles. The molecule has 0 spiro atoms. The average Bonchev–Trinajstić information content (AvgIpc) is 2.11. The molecule has 0 fully saturated rings. The topological polar surface area (TPSA) is 95.5 Å². The van der Waals surface area contributed by atoms with Gasteiger partial charge in [-0.1, -0.05) is 20.8 Å². The molecular formula is C12H24N2O4S. The Morgan fingerprint density at radius 3 is 2.16 bits per heavy atom. The molecule has 0 aromatic rings. The number of urea groups is 1. The molecule has 6 nitrogen and oxygen atoms in total. The Hall–Kier alpha value is -1.11. The fourth-order valence-corrected chi connectivity index (χ4v) is 2.35. The van der Waals surface area contributed by atoms with Crippen molar-refractivity contribution in [2.45, 2.75) is 46.2 Å². The summed E-state index contributed by atoms with van der Waals surface area (Å²) in [6, 6.07) is -1.13. The van der Waals surface area contributed by atoms with Gasteiger partial charge in [0.1, 0.15) is 0 Å². The molecule has 19 heavy (non-hydrogen) atoms. The van der Waals surface area contributed by atoms with Gasteiger partial charge in [-0.15, -0.1) is 0 Å². The first-order valence-electron chi connectivity index (χ1n) is 6.11. The highest BCUT2D eigenvalue weighted by molar-refractivity contribution is 7.84. The molecule has 3 N–H and O–H groups in total. The van der Waals surface area contributed by atoms with Crippen LogP contribution in [0.4, 0.5) is 4.79 Å². The van der Waals surface area contributed by atoms with Crippen molar-refractivity contribution >= 4 is 22.8 Å². The number of nitrogens with one attached hydrogen (secondary N) is 2. The molecule has 0 aromatic heterocycles. The summed E-state index contributed by atoms with van der Waals surface area (Å²) in [7, 11) is -0.988. The third-order valence-electron chi connectivity index (χ3n) is 2.59. The lowest BCUT2D eigenvalue weighted by Crippen LogP contribution is -2.51. The van der Waals surface area contributed by atoms with E-state index in [1.165, 1.54) is 0 Å². The standard InChI is InChI=1S/C12H24N2O4S/c1-8(7-19(5)18)13-11(17)14-9(6-10(15)16)12(2,3)4/h8-9H,6-7H2,1-5H3,(H,15,16)(H2,13,14,17). The van der Waals surface area contributed by atoms with Crippen LogP contribution in [-0.2, 0) is 15.6 Å². The zero-order valence-electron chi connectivity index (χ0n) is 12.1. The smallest absolute Gasteiger partial charge is 0.315 e. The Labute approximate surface area is 116 Å². The van der Waals surface area contributed by atoms with Gasteiger partial charge in [0.05, 0.1) is 6.42 Å². The van der Waals surface area contributed by atoms with Crippen LogP contribution in [0.2, 0.25) is 0 Å². The first kappa shape index (κ1) is 17.9. The molecule has 0 aliphatic carbocycles. The van der Waals surface area contributed by atoms with Crippen molar-refractivity contribution < 1.29 is 18.9 Å². The lowest BCUT2D eigenvalue weighted by Gasteiger charge is -2.30. The Bertz CT molecular complexity index is 352. The average molecular weight is 292 g/mol. The summed E-state index contributed by atoms with van der Waals surface area (Å²) in [6.07, 6.45) is 1.43. The van der Waals surface area contributed by atoms with Crippen LogP contribution in [0.25, 0.3) is 0 Å². The van der Waals surface area contributed by atoms with Crippen molar-refractivity contribution in [1.29, 1.82) is 0 Å². The van der Waals surface area contributed by atoms with Gasteiger partial charge in [-0.2, -0.15) is 0 Å². The van der Waals surface area contributed by atoms with Gasteiger partial charge in [-0.25, -0.2) is 4.79 Å². The normalized spacial score (nSPS) is 16.3. The number of amides is 2.